The van der Waals surface area contributed by atoms with Gasteiger partial charge < -0.3 is 4.74 Å². The number of nitrogens with one attached hydrogen (secondary N) is 1. The van der Waals surface area contributed by atoms with Gasteiger partial charge >= 0.3 is 6.09 Å². The van der Waals surface area contributed by atoms with Crippen molar-refractivity contribution in [2.75, 3.05) is 0 Å². The molecule has 0 aromatic heterocycles. The molecule has 1 saturated carbocycles. The first kappa shape index (κ1) is 12.8. The van der Waals surface area contributed by atoms with Gasteiger partial charge in [-0.2, -0.15) is 5.10 Å². The lowest BCUT2D eigenvalue weighted by Gasteiger charge is -2.21. The highest BCUT2D eigenvalue weighted by Gasteiger charge is 2.44. The number of hydrogen-bond donors (Lipinski definition) is 1. The lowest BCUT2D eigenvalue weighted by molar-refractivity contribution is 0.0960. The number of carbonyl (C=O) groups is 1. The van der Waals surface area contributed by atoms with Gasteiger partial charge in [0.25, 0.3) is 0 Å². The molecule has 20 heavy (non-hydrogen) atoms. The molecule has 0 spiro atoms. The van der Waals surface area contributed by atoms with Gasteiger partial charge in [-0.3, -0.25) is 5.32 Å². The Labute approximate surface area is 117 Å². The van der Waals surface area contributed by atoms with E-state index in [9.17, 15) is 4.79 Å². The Morgan fingerprint density at radius 1 is 1.15 bits per heavy atom. The lowest BCUT2D eigenvalue weighted by atomic mass is 9.95. The largest absolute Gasteiger partial charge is 0.430 e. The van der Waals surface area contributed by atoms with Crippen molar-refractivity contribution >= 4 is 17.6 Å². The molecule has 1 atom stereocenters. The second-order valence-corrected chi connectivity index (χ2v) is 5.24. The summed E-state index contributed by atoms with van der Waals surface area (Å²) in [5, 5.41) is 11.2. The number of nitrogens with zero attached hydrogens (tertiary/aromatic N) is 2. The van der Waals surface area contributed by atoms with Crippen molar-refractivity contribution in [2.45, 2.75) is 38.2 Å². The van der Waals surface area contributed by atoms with Crippen LogP contribution in [0.5, 0.6) is 0 Å². The molecule has 1 N–H and O–H groups in total. The van der Waals surface area contributed by atoms with Crippen LogP contribution in [-0.2, 0) is 10.3 Å². The van der Waals surface area contributed by atoms with Crippen LogP contribution in [0.1, 0.15) is 38.2 Å². The van der Waals surface area contributed by atoms with Crippen LogP contribution in [0.2, 0.25) is 0 Å². The number of rotatable bonds is 2. The van der Waals surface area contributed by atoms with Gasteiger partial charge in [-0.25, -0.2) is 4.79 Å². The number of benzene rings is 1. The first-order valence-electron chi connectivity index (χ1n) is 6.88. The van der Waals surface area contributed by atoms with E-state index in [4.69, 9.17) is 4.74 Å². The van der Waals surface area contributed by atoms with Gasteiger partial charge in [0.15, 0.2) is 11.4 Å². The molecule has 2 aliphatic rings. The average molecular weight is 271 g/mol. The van der Waals surface area contributed by atoms with Crippen LogP contribution in [0, 0.1) is 0 Å². The molecule has 5 nitrogen and oxygen atoms in total. The summed E-state index contributed by atoms with van der Waals surface area (Å²) in [5.41, 5.74) is 1.08. The molecule has 1 amide bonds. The average Bonchev–Trinajstić information content (AvgIpc) is 3.06. The van der Waals surface area contributed by atoms with Crippen molar-refractivity contribution in [3.05, 3.63) is 35.9 Å². The van der Waals surface area contributed by atoms with Crippen LogP contribution in [0.25, 0.3) is 0 Å². The van der Waals surface area contributed by atoms with Gasteiger partial charge in [-0.15, -0.1) is 5.10 Å². The normalized spacial score (nSPS) is 27.6. The molecule has 1 unspecified atom stereocenters. The van der Waals surface area contributed by atoms with Crippen LogP contribution < -0.4 is 5.32 Å². The smallest absolute Gasteiger partial charge is 0.414 e. The van der Waals surface area contributed by atoms with Crippen molar-refractivity contribution in [2.24, 2.45) is 10.2 Å². The standard InChI is InChI=1S/C15H17N3O2/c1-15(11-7-3-2-4-8-11)13(16-14(19)20-15)18-17-12-9-5-6-10-12/h2-4,7-8H,5-6,9-10H2,1H3,(H,16,18,19). The molecule has 1 saturated heterocycles. The van der Waals surface area contributed by atoms with Crippen LogP contribution >= 0.6 is 0 Å². The maximum Gasteiger partial charge on any atom is 0.414 e. The van der Waals surface area contributed by atoms with Gasteiger partial charge in [-0.1, -0.05) is 30.3 Å². The molecule has 3 rings (SSSR count). The van der Waals surface area contributed by atoms with Crippen LogP contribution in [-0.4, -0.2) is 17.6 Å². The highest BCUT2D eigenvalue weighted by molar-refractivity contribution is 6.06. The Kier molecular flexibility index (Phi) is 3.26. The molecular weight excluding hydrogens is 254 g/mol. The monoisotopic (exact) mass is 271 g/mol. The van der Waals surface area contributed by atoms with Crippen molar-refractivity contribution in [3.63, 3.8) is 0 Å². The first-order valence-corrected chi connectivity index (χ1v) is 6.88. The number of cyclic esters (lactones) is 1. The van der Waals surface area contributed by atoms with Crippen molar-refractivity contribution in [1.82, 2.24) is 5.32 Å². The predicted molar refractivity (Wildman–Crippen MR) is 76.7 cm³/mol. The molecule has 1 aliphatic carbocycles. The molecule has 1 aromatic rings. The fourth-order valence-corrected chi connectivity index (χ4v) is 2.55. The van der Waals surface area contributed by atoms with Gasteiger partial charge in [0.1, 0.15) is 0 Å². The van der Waals surface area contributed by atoms with Crippen LogP contribution in [0.4, 0.5) is 4.79 Å². The molecular formula is C15H17N3O2. The van der Waals surface area contributed by atoms with Crippen LogP contribution in [0.15, 0.2) is 40.5 Å². The zero-order valence-corrected chi connectivity index (χ0v) is 11.4. The van der Waals surface area contributed by atoms with Crippen molar-refractivity contribution in [3.8, 4) is 0 Å². The number of amides is 1. The number of alkyl carbamates (subject to hydrolysis) is 1. The second-order valence-electron chi connectivity index (χ2n) is 5.24. The lowest BCUT2D eigenvalue weighted by Crippen LogP contribution is -2.33. The zero-order valence-electron chi connectivity index (χ0n) is 11.4. The molecule has 5 heteroatoms. The molecule has 0 radical (unpaired) electrons. The third-order valence-corrected chi connectivity index (χ3v) is 3.77. The number of hydrogen-bond acceptors (Lipinski definition) is 4. The fraction of sp³-hybridized carbons (Fsp3) is 0.400. The number of amidine groups is 1. The Bertz CT molecular complexity index is 572. The van der Waals surface area contributed by atoms with E-state index in [1.54, 1.807) is 0 Å². The van der Waals surface area contributed by atoms with Gasteiger partial charge in [0.05, 0.1) is 0 Å². The Balaban J connectivity index is 1.94. The minimum atomic E-state index is -0.888. The summed E-state index contributed by atoms with van der Waals surface area (Å²) in [6, 6.07) is 9.57. The minimum absolute atomic E-state index is 0.452. The third-order valence-electron chi connectivity index (χ3n) is 3.77. The summed E-state index contributed by atoms with van der Waals surface area (Å²) in [7, 11) is 0. The third kappa shape index (κ3) is 2.31. The molecule has 1 aliphatic heterocycles. The molecule has 1 aromatic carbocycles. The Morgan fingerprint density at radius 2 is 1.85 bits per heavy atom. The number of carbonyl (C=O) groups excluding carboxylic acids is 1. The highest BCUT2D eigenvalue weighted by atomic mass is 16.6. The summed E-state index contributed by atoms with van der Waals surface area (Å²) < 4.78 is 5.41. The predicted octanol–water partition coefficient (Wildman–Crippen LogP) is 2.97. The fourth-order valence-electron chi connectivity index (χ4n) is 2.55. The SMILES string of the molecule is CC1(c2ccccc2)OC(=O)N/C1=N\N=C1CCCC1. The molecule has 2 fully saturated rings. The van der Waals surface area contributed by atoms with E-state index >= 15 is 0 Å². The van der Waals surface area contributed by atoms with Gasteiger partial charge in [-0.05, 0) is 32.6 Å². The first-order chi connectivity index (χ1) is 9.68. The quantitative estimate of drug-likeness (QED) is 0.840. The topological polar surface area (TPSA) is 63.0 Å². The molecule has 0 bridgehead atoms. The summed E-state index contributed by atoms with van der Waals surface area (Å²) in [6.07, 6.45) is 3.84. The Hall–Kier alpha value is -2.17. The maximum atomic E-state index is 11.6. The van der Waals surface area contributed by atoms with E-state index in [0.717, 1.165) is 24.1 Å². The molecule has 104 valence electrons. The van der Waals surface area contributed by atoms with Crippen molar-refractivity contribution < 1.29 is 9.53 Å². The molecule has 1 heterocycles. The number of ether oxygens (including phenoxy) is 1. The highest BCUT2D eigenvalue weighted by Crippen LogP contribution is 2.30. The van der Waals surface area contributed by atoms with E-state index in [1.165, 1.54) is 12.8 Å². The van der Waals surface area contributed by atoms with E-state index < -0.39 is 11.7 Å². The summed E-state index contributed by atoms with van der Waals surface area (Å²) in [6.45, 7) is 1.83. The Morgan fingerprint density at radius 3 is 2.55 bits per heavy atom. The van der Waals surface area contributed by atoms with E-state index in [0.29, 0.717) is 5.84 Å². The summed E-state index contributed by atoms with van der Waals surface area (Å²) in [5.74, 6) is 0.452. The summed E-state index contributed by atoms with van der Waals surface area (Å²) in [4.78, 5) is 11.6. The van der Waals surface area contributed by atoms with E-state index in [-0.39, 0.29) is 0 Å². The van der Waals surface area contributed by atoms with E-state index in [2.05, 4.69) is 15.5 Å². The minimum Gasteiger partial charge on any atom is -0.430 e. The maximum absolute atomic E-state index is 11.6. The summed E-state index contributed by atoms with van der Waals surface area (Å²) >= 11 is 0. The van der Waals surface area contributed by atoms with Gasteiger partial charge in [0, 0.05) is 11.3 Å². The van der Waals surface area contributed by atoms with Crippen molar-refractivity contribution in [1.29, 1.82) is 0 Å². The van der Waals surface area contributed by atoms with Gasteiger partial charge in [0.2, 0.25) is 0 Å². The van der Waals surface area contributed by atoms with E-state index in [1.807, 2.05) is 37.3 Å². The second kappa shape index (κ2) is 5.07. The van der Waals surface area contributed by atoms with Crippen LogP contribution in [0.3, 0.4) is 0 Å². The zero-order chi connectivity index (χ0) is 14.0.